The van der Waals surface area contributed by atoms with Crippen LogP contribution in [0.3, 0.4) is 0 Å². The summed E-state index contributed by atoms with van der Waals surface area (Å²) in [5.41, 5.74) is 8.44. The first-order valence-corrected chi connectivity index (χ1v) is 10.9. The number of para-hydroxylation sites is 1. The topological polar surface area (TPSA) is 39.2 Å². The largest absolute Gasteiger partial charge is 0.460 e. The Morgan fingerprint density at radius 1 is 0.625 bits per heavy atom. The van der Waals surface area contributed by atoms with Crippen molar-refractivity contribution in [3.8, 4) is 22.3 Å². The first-order chi connectivity index (χ1) is 15.8. The fraction of sp³-hybridized carbons (Fsp3) is 0.0690. The molecule has 3 nitrogen and oxygen atoms in total. The number of fused-ring (bicyclic) bond motifs is 6. The van der Waals surface area contributed by atoms with Crippen LogP contribution in [0.25, 0.3) is 61.2 Å². The molecule has 3 aromatic carbocycles. The summed E-state index contributed by atoms with van der Waals surface area (Å²) >= 11 is 0. The molecule has 0 N–H and O–H groups in total. The van der Waals surface area contributed by atoms with Crippen LogP contribution in [-0.4, -0.2) is 4.98 Å². The summed E-state index contributed by atoms with van der Waals surface area (Å²) in [5.74, 6) is 1.09. The molecule has 0 bridgehead atoms. The molecule has 0 aliphatic heterocycles. The third-order valence-corrected chi connectivity index (χ3v) is 6.41. The molecule has 0 spiro atoms. The Hall–Kier alpha value is -4.11. The standard InChI is InChI=1S/C29H19NO2/c1-3-7-26-22(5-1)24-14-18(9-11-28(24)31-26)20-13-21(17-30-16-20)19-10-12-29-25(15-19)23-6-2-4-8-27(23)32-29/h1-3,5-7,9-17H,4,8H2. The van der Waals surface area contributed by atoms with E-state index < -0.39 is 0 Å². The number of aryl methyl sites for hydroxylation is 1. The lowest BCUT2D eigenvalue weighted by molar-refractivity contribution is 0.546. The van der Waals surface area contributed by atoms with E-state index >= 15 is 0 Å². The van der Waals surface area contributed by atoms with Crippen LogP contribution in [0.5, 0.6) is 0 Å². The third-order valence-electron chi connectivity index (χ3n) is 6.41. The molecule has 6 aromatic rings. The molecule has 3 heteroatoms. The van der Waals surface area contributed by atoms with Crippen LogP contribution in [0, 0.1) is 0 Å². The van der Waals surface area contributed by atoms with E-state index in [1.54, 1.807) is 0 Å². The first-order valence-electron chi connectivity index (χ1n) is 10.9. The number of pyridine rings is 1. The monoisotopic (exact) mass is 413 g/mol. The quantitative estimate of drug-likeness (QED) is 0.288. The molecule has 152 valence electrons. The van der Waals surface area contributed by atoms with E-state index in [0.29, 0.717) is 0 Å². The molecule has 0 amide bonds. The smallest absolute Gasteiger partial charge is 0.135 e. The molecular formula is C29H19NO2. The van der Waals surface area contributed by atoms with Gasteiger partial charge in [0, 0.05) is 51.7 Å². The van der Waals surface area contributed by atoms with E-state index in [2.05, 4.69) is 59.6 Å². The van der Waals surface area contributed by atoms with Gasteiger partial charge in [-0.25, -0.2) is 0 Å². The van der Waals surface area contributed by atoms with Gasteiger partial charge in [-0.05, 0) is 53.9 Å². The number of allylic oxidation sites excluding steroid dienone is 1. The molecule has 32 heavy (non-hydrogen) atoms. The average Bonchev–Trinajstić information content (AvgIpc) is 3.41. The number of furan rings is 2. The average molecular weight is 413 g/mol. The van der Waals surface area contributed by atoms with Crippen LogP contribution in [0.15, 0.2) is 94.0 Å². The fourth-order valence-electron chi connectivity index (χ4n) is 4.79. The molecule has 0 atom stereocenters. The Kier molecular flexibility index (Phi) is 3.67. The number of hydrogen-bond acceptors (Lipinski definition) is 3. The molecule has 1 aliphatic carbocycles. The van der Waals surface area contributed by atoms with Crippen LogP contribution >= 0.6 is 0 Å². The maximum absolute atomic E-state index is 6.07. The minimum atomic E-state index is 0.905. The molecule has 0 saturated heterocycles. The Labute approximate surface area is 184 Å². The molecule has 7 rings (SSSR count). The number of benzene rings is 3. The summed E-state index contributed by atoms with van der Waals surface area (Å²) in [6.45, 7) is 0. The maximum Gasteiger partial charge on any atom is 0.135 e. The lowest BCUT2D eigenvalue weighted by Crippen LogP contribution is -1.88. The first kappa shape index (κ1) is 17.6. The van der Waals surface area contributed by atoms with E-state index in [1.807, 2.05) is 36.7 Å². The van der Waals surface area contributed by atoms with E-state index in [9.17, 15) is 0 Å². The fourth-order valence-corrected chi connectivity index (χ4v) is 4.79. The van der Waals surface area contributed by atoms with Crippen LogP contribution in [-0.2, 0) is 6.42 Å². The summed E-state index contributed by atoms with van der Waals surface area (Å²) in [6, 6.07) is 23.1. The lowest BCUT2D eigenvalue weighted by Gasteiger charge is -2.07. The zero-order valence-corrected chi connectivity index (χ0v) is 17.3. The minimum Gasteiger partial charge on any atom is -0.460 e. The van der Waals surface area contributed by atoms with Crippen LogP contribution in [0.4, 0.5) is 0 Å². The van der Waals surface area contributed by atoms with Gasteiger partial charge in [0.1, 0.15) is 22.5 Å². The normalized spacial score (nSPS) is 13.2. The Morgan fingerprint density at radius 3 is 2.19 bits per heavy atom. The van der Waals surface area contributed by atoms with Crippen LogP contribution in [0.1, 0.15) is 17.7 Å². The van der Waals surface area contributed by atoms with Gasteiger partial charge in [-0.3, -0.25) is 4.98 Å². The summed E-state index contributed by atoms with van der Waals surface area (Å²) < 4.78 is 12.1. The van der Waals surface area contributed by atoms with Gasteiger partial charge in [0.25, 0.3) is 0 Å². The lowest BCUT2D eigenvalue weighted by atomic mass is 9.98. The number of hydrogen-bond donors (Lipinski definition) is 0. The second-order valence-electron chi connectivity index (χ2n) is 8.36. The highest BCUT2D eigenvalue weighted by atomic mass is 16.3. The summed E-state index contributed by atoms with van der Waals surface area (Å²) in [5, 5.41) is 3.43. The summed E-state index contributed by atoms with van der Waals surface area (Å²) in [4.78, 5) is 4.56. The zero-order chi connectivity index (χ0) is 21.1. The van der Waals surface area contributed by atoms with Crippen LogP contribution < -0.4 is 0 Å². The molecule has 1 aliphatic rings. The van der Waals surface area contributed by atoms with Crippen molar-refractivity contribution in [1.82, 2.24) is 4.98 Å². The van der Waals surface area contributed by atoms with E-state index in [0.717, 1.165) is 68.4 Å². The molecule has 3 aromatic heterocycles. The second kappa shape index (κ2) is 6.69. The van der Waals surface area contributed by atoms with Gasteiger partial charge in [-0.15, -0.1) is 0 Å². The van der Waals surface area contributed by atoms with Crippen molar-refractivity contribution >= 4 is 39.0 Å². The highest BCUT2D eigenvalue weighted by molar-refractivity contribution is 6.06. The number of rotatable bonds is 2. The summed E-state index contributed by atoms with van der Waals surface area (Å²) in [6.07, 6.45) is 10.3. The maximum atomic E-state index is 6.07. The predicted molar refractivity (Wildman–Crippen MR) is 130 cm³/mol. The van der Waals surface area contributed by atoms with Gasteiger partial charge in [-0.2, -0.15) is 0 Å². The molecular weight excluding hydrogens is 394 g/mol. The van der Waals surface area contributed by atoms with E-state index in [-0.39, 0.29) is 0 Å². The van der Waals surface area contributed by atoms with Crippen molar-refractivity contribution in [2.45, 2.75) is 12.8 Å². The SMILES string of the molecule is C1=Cc2c(oc3ccc(-c4cncc(-c5ccc6oc7ccccc7c6c5)c4)cc23)CC1. The van der Waals surface area contributed by atoms with Crippen molar-refractivity contribution in [3.63, 3.8) is 0 Å². The van der Waals surface area contributed by atoms with Gasteiger partial charge in [0.15, 0.2) is 0 Å². The molecule has 0 radical (unpaired) electrons. The highest BCUT2D eigenvalue weighted by Gasteiger charge is 2.15. The zero-order valence-electron chi connectivity index (χ0n) is 17.3. The van der Waals surface area contributed by atoms with Crippen molar-refractivity contribution in [1.29, 1.82) is 0 Å². The van der Waals surface area contributed by atoms with Crippen molar-refractivity contribution in [2.24, 2.45) is 0 Å². The Morgan fingerprint density at radius 2 is 1.34 bits per heavy atom. The van der Waals surface area contributed by atoms with Crippen molar-refractivity contribution in [3.05, 3.63) is 96.5 Å². The minimum absolute atomic E-state index is 0.905. The predicted octanol–water partition coefficient (Wildman–Crippen LogP) is 8.02. The van der Waals surface area contributed by atoms with Gasteiger partial charge >= 0.3 is 0 Å². The van der Waals surface area contributed by atoms with Gasteiger partial charge < -0.3 is 8.83 Å². The summed E-state index contributed by atoms with van der Waals surface area (Å²) in [7, 11) is 0. The molecule has 0 unspecified atom stereocenters. The van der Waals surface area contributed by atoms with Gasteiger partial charge in [-0.1, -0.05) is 42.5 Å². The highest BCUT2D eigenvalue weighted by Crippen LogP contribution is 2.36. The molecule has 0 saturated carbocycles. The van der Waals surface area contributed by atoms with Gasteiger partial charge in [0.05, 0.1) is 0 Å². The van der Waals surface area contributed by atoms with Crippen molar-refractivity contribution < 1.29 is 8.83 Å². The molecule has 0 fully saturated rings. The van der Waals surface area contributed by atoms with Gasteiger partial charge in [0.2, 0.25) is 0 Å². The number of aromatic nitrogens is 1. The number of nitrogens with zero attached hydrogens (tertiary/aromatic N) is 1. The van der Waals surface area contributed by atoms with E-state index in [4.69, 9.17) is 8.83 Å². The Bertz CT molecular complexity index is 1680. The third kappa shape index (κ3) is 2.64. The van der Waals surface area contributed by atoms with Crippen LogP contribution in [0.2, 0.25) is 0 Å². The second-order valence-corrected chi connectivity index (χ2v) is 8.36. The van der Waals surface area contributed by atoms with Crippen molar-refractivity contribution in [2.75, 3.05) is 0 Å². The van der Waals surface area contributed by atoms with E-state index in [1.165, 1.54) is 10.9 Å². The molecule has 3 heterocycles. The Balaban J connectivity index is 1.35.